The first-order valence-corrected chi connectivity index (χ1v) is 9.06. The van der Waals surface area contributed by atoms with Crippen molar-refractivity contribution >= 4 is 29.1 Å². The molecule has 7 nitrogen and oxygen atoms in total. The zero-order valence-corrected chi connectivity index (χ0v) is 14.7. The van der Waals surface area contributed by atoms with Crippen molar-refractivity contribution in [2.75, 3.05) is 5.32 Å². The molecular weight excluding hydrogens is 350 g/mol. The summed E-state index contributed by atoms with van der Waals surface area (Å²) in [7, 11) is 0. The number of carbonyl (C=O) groups excluding carboxylic acids is 2. The molecule has 132 valence electrons. The van der Waals surface area contributed by atoms with Crippen molar-refractivity contribution < 1.29 is 9.59 Å². The fourth-order valence-electron chi connectivity index (χ4n) is 2.85. The molecule has 3 aromatic rings. The minimum Gasteiger partial charge on any atom is -0.334 e. The van der Waals surface area contributed by atoms with Crippen molar-refractivity contribution in [2.45, 2.75) is 19.6 Å². The minimum atomic E-state index is -0.182. The zero-order valence-electron chi connectivity index (χ0n) is 13.9. The number of urea groups is 1. The molecule has 0 spiro atoms. The standard InChI is InChI=1S/C18H17N5O2S/c24-17(15-7-4-8-26-15)20-16-13-10-23(11-14(13)21-22-16)18(25)19-9-12-5-2-1-3-6-12/h1-8H,9-11H2,(H,19,25)(H2,20,21,22,24). The third-order valence-electron chi connectivity index (χ3n) is 4.20. The highest BCUT2D eigenvalue weighted by Gasteiger charge is 2.29. The van der Waals surface area contributed by atoms with E-state index >= 15 is 0 Å². The SMILES string of the molecule is O=C(Nc1[nH]nc2c1CN(C(=O)NCc1ccccc1)C2)c1cccs1. The Morgan fingerprint density at radius 2 is 2.00 bits per heavy atom. The van der Waals surface area contributed by atoms with Crippen LogP contribution in [-0.2, 0) is 19.6 Å². The highest BCUT2D eigenvalue weighted by molar-refractivity contribution is 7.12. The Morgan fingerprint density at radius 3 is 2.77 bits per heavy atom. The Kier molecular flexibility index (Phi) is 4.40. The summed E-state index contributed by atoms with van der Waals surface area (Å²) in [5, 5.41) is 14.7. The van der Waals surface area contributed by atoms with Gasteiger partial charge in [0.2, 0.25) is 0 Å². The van der Waals surface area contributed by atoms with Crippen LogP contribution in [-0.4, -0.2) is 27.0 Å². The molecule has 0 atom stereocenters. The highest BCUT2D eigenvalue weighted by Crippen LogP contribution is 2.27. The minimum absolute atomic E-state index is 0.151. The molecule has 3 N–H and O–H groups in total. The van der Waals surface area contributed by atoms with E-state index in [0.29, 0.717) is 30.3 Å². The van der Waals surface area contributed by atoms with E-state index < -0.39 is 0 Å². The Bertz CT molecular complexity index is 920. The van der Waals surface area contributed by atoms with Crippen molar-refractivity contribution in [3.8, 4) is 0 Å². The van der Waals surface area contributed by atoms with Crippen LogP contribution in [0.4, 0.5) is 10.6 Å². The summed E-state index contributed by atoms with van der Waals surface area (Å²) < 4.78 is 0. The average molecular weight is 367 g/mol. The summed E-state index contributed by atoms with van der Waals surface area (Å²) in [5.41, 5.74) is 2.67. The summed E-state index contributed by atoms with van der Waals surface area (Å²) in [4.78, 5) is 26.9. The maximum atomic E-state index is 12.4. The predicted octanol–water partition coefficient (Wildman–Crippen LogP) is 2.95. The first kappa shape index (κ1) is 16.3. The Balaban J connectivity index is 1.37. The summed E-state index contributed by atoms with van der Waals surface area (Å²) in [6.45, 7) is 1.30. The average Bonchev–Trinajstić information content (AvgIpc) is 3.39. The fraction of sp³-hybridized carbons (Fsp3) is 0.167. The van der Waals surface area contributed by atoms with Gasteiger partial charge in [0.05, 0.1) is 23.7 Å². The topological polar surface area (TPSA) is 90.1 Å². The number of H-pyrrole nitrogens is 1. The van der Waals surface area contributed by atoms with Gasteiger partial charge in [0.15, 0.2) is 0 Å². The van der Waals surface area contributed by atoms with Crippen LogP contribution in [0.25, 0.3) is 0 Å². The van der Waals surface area contributed by atoms with Crippen LogP contribution < -0.4 is 10.6 Å². The molecule has 1 aliphatic heterocycles. The molecule has 2 aromatic heterocycles. The van der Waals surface area contributed by atoms with E-state index in [1.165, 1.54) is 11.3 Å². The van der Waals surface area contributed by atoms with Crippen LogP contribution in [0.15, 0.2) is 47.8 Å². The molecule has 0 saturated heterocycles. The van der Waals surface area contributed by atoms with Crippen molar-refractivity contribution in [3.63, 3.8) is 0 Å². The van der Waals surface area contributed by atoms with Crippen molar-refractivity contribution in [3.05, 3.63) is 69.5 Å². The van der Waals surface area contributed by atoms with Crippen LogP contribution in [0.5, 0.6) is 0 Å². The Morgan fingerprint density at radius 1 is 1.15 bits per heavy atom. The summed E-state index contributed by atoms with van der Waals surface area (Å²) in [5.74, 6) is 0.371. The van der Waals surface area contributed by atoms with Gasteiger partial charge >= 0.3 is 6.03 Å². The molecular formula is C18H17N5O2S. The number of benzene rings is 1. The first-order chi connectivity index (χ1) is 12.7. The number of amides is 3. The van der Waals surface area contributed by atoms with E-state index in [4.69, 9.17) is 0 Å². The molecule has 3 amide bonds. The van der Waals surface area contributed by atoms with E-state index in [9.17, 15) is 9.59 Å². The van der Waals surface area contributed by atoms with Gasteiger partial charge < -0.3 is 15.5 Å². The molecule has 0 unspecified atom stereocenters. The lowest BCUT2D eigenvalue weighted by Gasteiger charge is -2.16. The molecule has 0 radical (unpaired) electrons. The van der Waals surface area contributed by atoms with Crippen LogP contribution in [0.1, 0.15) is 26.5 Å². The zero-order chi connectivity index (χ0) is 17.9. The van der Waals surface area contributed by atoms with Crippen LogP contribution in [0.3, 0.4) is 0 Å². The van der Waals surface area contributed by atoms with Gasteiger partial charge in [-0.25, -0.2) is 4.79 Å². The fourth-order valence-corrected chi connectivity index (χ4v) is 3.47. The summed E-state index contributed by atoms with van der Waals surface area (Å²) in [6.07, 6.45) is 0. The smallest absolute Gasteiger partial charge is 0.318 e. The van der Waals surface area contributed by atoms with E-state index in [2.05, 4.69) is 20.8 Å². The Labute approximate surface area is 154 Å². The second-order valence-corrected chi connectivity index (χ2v) is 6.90. The normalized spacial score (nSPS) is 12.7. The van der Waals surface area contributed by atoms with Gasteiger partial charge in [0.25, 0.3) is 5.91 Å². The quantitative estimate of drug-likeness (QED) is 0.662. The molecule has 0 saturated carbocycles. The number of anilines is 1. The number of aromatic nitrogens is 2. The van der Waals surface area contributed by atoms with Gasteiger partial charge in [-0.15, -0.1) is 11.3 Å². The molecule has 26 heavy (non-hydrogen) atoms. The van der Waals surface area contributed by atoms with Gasteiger partial charge in [0.1, 0.15) is 5.82 Å². The van der Waals surface area contributed by atoms with E-state index in [1.807, 2.05) is 41.8 Å². The van der Waals surface area contributed by atoms with Gasteiger partial charge in [0, 0.05) is 12.1 Å². The monoisotopic (exact) mass is 367 g/mol. The molecule has 4 rings (SSSR count). The maximum Gasteiger partial charge on any atom is 0.318 e. The number of nitrogens with one attached hydrogen (secondary N) is 3. The highest BCUT2D eigenvalue weighted by atomic mass is 32.1. The molecule has 1 aliphatic rings. The van der Waals surface area contributed by atoms with E-state index in [0.717, 1.165) is 16.8 Å². The van der Waals surface area contributed by atoms with Crippen molar-refractivity contribution in [1.82, 2.24) is 20.4 Å². The maximum absolute atomic E-state index is 12.4. The van der Waals surface area contributed by atoms with Crippen molar-refractivity contribution in [2.24, 2.45) is 0 Å². The lowest BCUT2D eigenvalue weighted by atomic mass is 10.2. The summed E-state index contributed by atoms with van der Waals surface area (Å²) in [6, 6.07) is 13.2. The number of thiophene rings is 1. The Hall–Kier alpha value is -3.13. The van der Waals surface area contributed by atoms with E-state index in [1.54, 1.807) is 11.0 Å². The van der Waals surface area contributed by atoms with Crippen molar-refractivity contribution in [1.29, 1.82) is 0 Å². The van der Waals surface area contributed by atoms with Crippen LogP contribution in [0, 0.1) is 0 Å². The molecule has 3 heterocycles. The molecule has 0 bridgehead atoms. The predicted molar refractivity (Wildman–Crippen MR) is 98.8 cm³/mol. The van der Waals surface area contributed by atoms with Gasteiger partial charge in [-0.2, -0.15) is 5.10 Å². The first-order valence-electron chi connectivity index (χ1n) is 8.18. The van der Waals surface area contributed by atoms with E-state index in [-0.39, 0.29) is 11.9 Å². The van der Waals surface area contributed by atoms with Gasteiger partial charge in [-0.3, -0.25) is 9.89 Å². The second kappa shape index (κ2) is 7.01. The number of rotatable bonds is 4. The molecule has 8 heteroatoms. The third-order valence-corrected chi connectivity index (χ3v) is 5.07. The number of aromatic amines is 1. The number of nitrogens with zero attached hydrogens (tertiary/aromatic N) is 2. The summed E-state index contributed by atoms with van der Waals surface area (Å²) >= 11 is 1.38. The number of carbonyl (C=O) groups is 2. The number of hydrogen-bond acceptors (Lipinski definition) is 4. The molecule has 0 aliphatic carbocycles. The lowest BCUT2D eigenvalue weighted by Crippen LogP contribution is -2.36. The van der Waals surface area contributed by atoms with Crippen LogP contribution in [0.2, 0.25) is 0 Å². The van der Waals surface area contributed by atoms with Gasteiger partial charge in [-0.1, -0.05) is 36.4 Å². The molecule has 0 fully saturated rings. The molecule has 1 aromatic carbocycles. The van der Waals surface area contributed by atoms with Crippen LogP contribution >= 0.6 is 11.3 Å². The largest absolute Gasteiger partial charge is 0.334 e. The second-order valence-electron chi connectivity index (χ2n) is 5.96. The number of fused-ring (bicyclic) bond motifs is 1. The van der Waals surface area contributed by atoms with Gasteiger partial charge in [-0.05, 0) is 17.0 Å². The third kappa shape index (κ3) is 3.31. The number of hydrogen-bond donors (Lipinski definition) is 3. The lowest BCUT2D eigenvalue weighted by molar-refractivity contribution is 0.103.